The number of carbonyl (C=O) groups excluding carboxylic acids is 2. The summed E-state index contributed by atoms with van der Waals surface area (Å²) in [5, 5.41) is 2.23. The van der Waals surface area contributed by atoms with E-state index in [9.17, 15) is 18.4 Å². The zero-order valence-electron chi connectivity index (χ0n) is 10.9. The fraction of sp³-hybridized carbons (Fsp3) is 0.385. The maximum Gasteiger partial charge on any atom is 0.313 e. The van der Waals surface area contributed by atoms with Crippen molar-refractivity contribution in [2.45, 2.75) is 19.8 Å². The number of benzene rings is 1. The number of unbranched alkanes of at least 4 members (excludes halogenated alkanes) is 1. The van der Waals surface area contributed by atoms with Crippen molar-refractivity contribution in [3.05, 3.63) is 29.8 Å². The summed E-state index contributed by atoms with van der Waals surface area (Å²) in [7, 11) is 1.52. The second-order valence-electron chi connectivity index (χ2n) is 4.16. The van der Waals surface area contributed by atoms with Gasteiger partial charge < -0.3 is 10.2 Å². The molecule has 0 atom stereocenters. The quantitative estimate of drug-likeness (QED) is 0.852. The minimum Gasteiger partial charge on any atom is -0.338 e. The molecule has 6 heteroatoms. The minimum absolute atomic E-state index is 0.0427. The highest BCUT2D eigenvalue weighted by molar-refractivity contribution is 6.39. The molecule has 1 N–H and O–H groups in total. The van der Waals surface area contributed by atoms with Gasteiger partial charge in [-0.2, -0.15) is 0 Å². The van der Waals surface area contributed by atoms with Gasteiger partial charge in [0.1, 0.15) is 0 Å². The van der Waals surface area contributed by atoms with Gasteiger partial charge in [-0.15, -0.1) is 0 Å². The smallest absolute Gasteiger partial charge is 0.313 e. The maximum absolute atomic E-state index is 12.9. The molecule has 1 aromatic rings. The van der Waals surface area contributed by atoms with Crippen LogP contribution in [0.5, 0.6) is 0 Å². The van der Waals surface area contributed by atoms with Gasteiger partial charge >= 0.3 is 11.8 Å². The second-order valence-corrected chi connectivity index (χ2v) is 4.16. The molecule has 19 heavy (non-hydrogen) atoms. The van der Waals surface area contributed by atoms with Crippen LogP contribution in [0.2, 0.25) is 0 Å². The van der Waals surface area contributed by atoms with Crippen LogP contribution in [0.15, 0.2) is 18.2 Å². The summed E-state index contributed by atoms with van der Waals surface area (Å²) < 4.78 is 25.6. The van der Waals surface area contributed by atoms with Gasteiger partial charge in [-0.25, -0.2) is 8.78 Å². The summed E-state index contributed by atoms with van der Waals surface area (Å²) in [6.45, 7) is 2.44. The van der Waals surface area contributed by atoms with Crippen LogP contribution in [-0.4, -0.2) is 30.3 Å². The average molecular weight is 270 g/mol. The van der Waals surface area contributed by atoms with E-state index in [2.05, 4.69) is 5.32 Å². The van der Waals surface area contributed by atoms with Crippen molar-refractivity contribution >= 4 is 17.5 Å². The molecule has 2 amide bonds. The van der Waals surface area contributed by atoms with Crippen molar-refractivity contribution < 1.29 is 18.4 Å². The molecule has 0 saturated carbocycles. The first-order valence-electron chi connectivity index (χ1n) is 5.97. The van der Waals surface area contributed by atoms with Crippen molar-refractivity contribution in [1.82, 2.24) is 4.90 Å². The Bertz CT molecular complexity index is 478. The zero-order chi connectivity index (χ0) is 14.4. The molecule has 0 aromatic heterocycles. The van der Waals surface area contributed by atoms with Gasteiger partial charge in [-0.1, -0.05) is 13.3 Å². The zero-order valence-corrected chi connectivity index (χ0v) is 10.9. The number of likely N-dealkylation sites (N-methyl/N-ethyl adjacent to an activating group) is 1. The Morgan fingerprint density at radius 3 is 2.53 bits per heavy atom. The van der Waals surface area contributed by atoms with Crippen molar-refractivity contribution in [2.24, 2.45) is 0 Å². The SMILES string of the molecule is CCCCN(C)C(=O)C(=O)Nc1ccc(F)c(F)c1. The molecular weight excluding hydrogens is 254 g/mol. The van der Waals surface area contributed by atoms with E-state index < -0.39 is 23.4 Å². The van der Waals surface area contributed by atoms with E-state index in [1.54, 1.807) is 0 Å². The van der Waals surface area contributed by atoms with Crippen LogP contribution >= 0.6 is 0 Å². The largest absolute Gasteiger partial charge is 0.338 e. The number of carbonyl (C=O) groups is 2. The van der Waals surface area contributed by atoms with Gasteiger partial charge in [-0.3, -0.25) is 9.59 Å². The third-order valence-corrected chi connectivity index (χ3v) is 2.57. The number of halogens is 2. The van der Waals surface area contributed by atoms with E-state index in [4.69, 9.17) is 0 Å². The number of nitrogens with one attached hydrogen (secondary N) is 1. The lowest BCUT2D eigenvalue weighted by Crippen LogP contribution is -2.37. The van der Waals surface area contributed by atoms with Crippen LogP contribution in [0.1, 0.15) is 19.8 Å². The lowest BCUT2D eigenvalue weighted by atomic mass is 10.3. The molecule has 0 unspecified atom stereocenters. The Morgan fingerprint density at radius 1 is 1.26 bits per heavy atom. The predicted octanol–water partition coefficient (Wildman–Crippen LogP) is 2.16. The van der Waals surface area contributed by atoms with Crippen LogP contribution in [-0.2, 0) is 9.59 Å². The van der Waals surface area contributed by atoms with E-state index in [1.165, 1.54) is 18.0 Å². The number of nitrogens with zero attached hydrogens (tertiary/aromatic N) is 1. The molecule has 0 aliphatic carbocycles. The first-order valence-corrected chi connectivity index (χ1v) is 5.97. The highest BCUT2D eigenvalue weighted by atomic mass is 19.2. The molecule has 1 aromatic carbocycles. The molecule has 0 aliphatic rings. The van der Waals surface area contributed by atoms with E-state index in [1.807, 2.05) is 6.92 Å². The Labute approximate surface area is 110 Å². The first-order chi connectivity index (χ1) is 8.95. The molecule has 0 heterocycles. The molecular formula is C13H16F2N2O2. The summed E-state index contributed by atoms with van der Waals surface area (Å²) in [5.41, 5.74) is 0.0427. The van der Waals surface area contributed by atoms with E-state index in [0.29, 0.717) is 6.54 Å². The Hall–Kier alpha value is -1.98. The molecule has 0 radical (unpaired) electrons. The Balaban J connectivity index is 2.63. The van der Waals surface area contributed by atoms with Crippen molar-refractivity contribution in [1.29, 1.82) is 0 Å². The standard InChI is InChI=1S/C13H16F2N2O2/c1-3-4-7-17(2)13(19)12(18)16-9-5-6-10(14)11(15)8-9/h5-6,8H,3-4,7H2,1-2H3,(H,16,18). The fourth-order valence-electron chi connectivity index (χ4n) is 1.43. The van der Waals surface area contributed by atoms with Gasteiger partial charge in [0, 0.05) is 25.3 Å². The van der Waals surface area contributed by atoms with Gasteiger partial charge in [0.15, 0.2) is 11.6 Å². The van der Waals surface area contributed by atoms with Crippen LogP contribution in [0.25, 0.3) is 0 Å². The van der Waals surface area contributed by atoms with Gasteiger partial charge in [0.25, 0.3) is 0 Å². The van der Waals surface area contributed by atoms with Gasteiger partial charge in [0.05, 0.1) is 0 Å². The van der Waals surface area contributed by atoms with E-state index in [0.717, 1.165) is 25.0 Å². The molecule has 1 rings (SSSR count). The van der Waals surface area contributed by atoms with Gasteiger partial charge in [-0.05, 0) is 18.6 Å². The summed E-state index contributed by atoms with van der Waals surface area (Å²) >= 11 is 0. The second kappa shape index (κ2) is 6.82. The summed E-state index contributed by atoms with van der Waals surface area (Å²) in [6, 6.07) is 2.90. The molecule has 104 valence electrons. The molecule has 0 spiro atoms. The van der Waals surface area contributed by atoms with Crippen molar-refractivity contribution in [3.63, 3.8) is 0 Å². The fourth-order valence-corrected chi connectivity index (χ4v) is 1.43. The molecule has 0 fully saturated rings. The van der Waals surface area contributed by atoms with Crippen LogP contribution in [0.3, 0.4) is 0 Å². The Kier molecular flexibility index (Phi) is 5.41. The third-order valence-electron chi connectivity index (χ3n) is 2.57. The van der Waals surface area contributed by atoms with Gasteiger partial charge in [0.2, 0.25) is 0 Å². The highest BCUT2D eigenvalue weighted by Crippen LogP contribution is 2.13. The molecule has 4 nitrogen and oxygen atoms in total. The topological polar surface area (TPSA) is 49.4 Å². The van der Waals surface area contributed by atoms with E-state index >= 15 is 0 Å². The summed E-state index contributed by atoms with van der Waals surface area (Å²) in [6.07, 6.45) is 1.70. The summed E-state index contributed by atoms with van der Waals surface area (Å²) in [5.74, 6) is -3.67. The highest BCUT2D eigenvalue weighted by Gasteiger charge is 2.18. The minimum atomic E-state index is -1.08. The number of hydrogen-bond acceptors (Lipinski definition) is 2. The first kappa shape index (κ1) is 15.1. The lowest BCUT2D eigenvalue weighted by molar-refractivity contribution is -0.142. The monoisotopic (exact) mass is 270 g/mol. The maximum atomic E-state index is 12.9. The Morgan fingerprint density at radius 2 is 1.95 bits per heavy atom. The van der Waals surface area contributed by atoms with Crippen LogP contribution in [0, 0.1) is 11.6 Å². The number of rotatable bonds is 4. The van der Waals surface area contributed by atoms with Crippen LogP contribution < -0.4 is 5.32 Å². The molecule has 0 saturated heterocycles. The van der Waals surface area contributed by atoms with E-state index in [-0.39, 0.29) is 5.69 Å². The van der Waals surface area contributed by atoms with Crippen LogP contribution in [0.4, 0.5) is 14.5 Å². The van der Waals surface area contributed by atoms with Crippen molar-refractivity contribution in [2.75, 3.05) is 18.9 Å². The average Bonchev–Trinajstić information content (AvgIpc) is 2.39. The number of amides is 2. The lowest BCUT2D eigenvalue weighted by Gasteiger charge is -2.16. The predicted molar refractivity (Wildman–Crippen MR) is 67.5 cm³/mol. The number of hydrogen-bond donors (Lipinski definition) is 1. The summed E-state index contributed by atoms with van der Waals surface area (Å²) in [4.78, 5) is 24.5. The van der Waals surface area contributed by atoms with Crippen molar-refractivity contribution in [3.8, 4) is 0 Å². The normalized spacial score (nSPS) is 10.1. The number of anilines is 1. The third kappa shape index (κ3) is 4.31. The molecule has 0 aliphatic heterocycles. The molecule has 0 bridgehead atoms.